The van der Waals surface area contributed by atoms with Crippen LogP contribution in [0, 0.1) is 30.2 Å². The Bertz CT molecular complexity index is 967. The van der Waals surface area contributed by atoms with Gasteiger partial charge in [-0.2, -0.15) is 4.39 Å². The van der Waals surface area contributed by atoms with Crippen LogP contribution in [-0.4, -0.2) is 13.3 Å². The summed E-state index contributed by atoms with van der Waals surface area (Å²) in [6.07, 6.45) is 0.0340. The van der Waals surface area contributed by atoms with Crippen molar-refractivity contribution in [2.45, 2.75) is 13.3 Å². The van der Waals surface area contributed by atoms with Gasteiger partial charge in [0.1, 0.15) is 0 Å². The normalized spacial score (nSPS) is 11.0. The van der Waals surface area contributed by atoms with E-state index in [-0.39, 0.29) is 18.6 Å². The molecular formula is C20H15F5OS. The Kier molecular flexibility index (Phi) is 5.79. The summed E-state index contributed by atoms with van der Waals surface area (Å²) in [6, 6.07) is 8.21. The highest BCUT2D eigenvalue weighted by molar-refractivity contribution is 7.15. The van der Waals surface area contributed by atoms with E-state index in [2.05, 4.69) is 0 Å². The lowest BCUT2D eigenvalue weighted by molar-refractivity contribution is 0.273. The number of rotatable bonds is 6. The first-order valence-corrected chi connectivity index (χ1v) is 8.97. The number of hydrogen-bond donors (Lipinski definition) is 0. The van der Waals surface area contributed by atoms with Crippen molar-refractivity contribution in [3.05, 3.63) is 64.5 Å². The van der Waals surface area contributed by atoms with Crippen LogP contribution in [0.2, 0.25) is 0 Å². The Morgan fingerprint density at radius 1 is 0.778 bits per heavy atom. The molecule has 2 aromatic carbocycles. The summed E-state index contributed by atoms with van der Waals surface area (Å²) in [4.78, 5) is 1.48. The van der Waals surface area contributed by atoms with Crippen LogP contribution in [0.4, 0.5) is 22.0 Å². The first-order valence-electron chi connectivity index (χ1n) is 8.16. The molecule has 0 aliphatic rings. The number of benzene rings is 2. The highest BCUT2D eigenvalue weighted by atomic mass is 32.1. The van der Waals surface area contributed by atoms with Crippen molar-refractivity contribution in [3.63, 3.8) is 0 Å². The molecule has 0 saturated heterocycles. The predicted molar refractivity (Wildman–Crippen MR) is 95.8 cm³/mol. The Morgan fingerprint density at radius 3 is 2.00 bits per heavy atom. The number of hydrogen-bond acceptors (Lipinski definition) is 2. The van der Waals surface area contributed by atoms with Gasteiger partial charge in [-0.3, -0.25) is 4.39 Å². The zero-order valence-electron chi connectivity index (χ0n) is 14.3. The van der Waals surface area contributed by atoms with Crippen molar-refractivity contribution in [3.8, 4) is 27.3 Å². The monoisotopic (exact) mass is 398 g/mol. The maximum atomic E-state index is 14.6. The van der Waals surface area contributed by atoms with Gasteiger partial charge in [-0.15, -0.1) is 11.3 Å². The topological polar surface area (TPSA) is 9.23 Å². The molecule has 0 spiro atoms. The van der Waals surface area contributed by atoms with E-state index >= 15 is 0 Å². The molecule has 0 fully saturated rings. The fourth-order valence-electron chi connectivity index (χ4n) is 2.61. The van der Waals surface area contributed by atoms with Gasteiger partial charge in [0.25, 0.3) is 0 Å². The van der Waals surface area contributed by atoms with E-state index in [9.17, 15) is 22.0 Å². The quantitative estimate of drug-likeness (QED) is 0.332. The minimum atomic E-state index is -1.36. The molecule has 142 valence electrons. The lowest BCUT2D eigenvalue weighted by Gasteiger charge is -2.12. The standard InChI is InChI=1S/C20H15F5OS/c1-11-3-8-16(27-11)14-5-4-12(17(22)19(14)24)13-6-7-15(20(25)18(13)23)26-10-2-9-21/h3-8H,2,9-10H2,1H3. The Labute approximate surface area is 157 Å². The van der Waals surface area contributed by atoms with E-state index in [1.54, 1.807) is 12.1 Å². The summed E-state index contributed by atoms with van der Waals surface area (Å²) in [6.45, 7) is 1.07. The molecule has 1 aromatic heterocycles. The van der Waals surface area contributed by atoms with Gasteiger partial charge in [0.15, 0.2) is 23.2 Å². The van der Waals surface area contributed by atoms with Crippen LogP contribution in [0.15, 0.2) is 36.4 Å². The summed E-state index contributed by atoms with van der Waals surface area (Å²) in [5, 5.41) is 0. The van der Waals surface area contributed by atoms with Gasteiger partial charge in [0, 0.05) is 32.9 Å². The molecule has 1 heterocycles. The van der Waals surface area contributed by atoms with Crippen LogP contribution in [0.5, 0.6) is 5.75 Å². The average molecular weight is 398 g/mol. The third-order valence-corrected chi connectivity index (χ3v) is 4.99. The molecule has 0 atom stereocenters. The molecule has 0 saturated carbocycles. The minimum Gasteiger partial charge on any atom is -0.490 e. The highest BCUT2D eigenvalue weighted by Gasteiger charge is 2.22. The van der Waals surface area contributed by atoms with Gasteiger partial charge in [0.05, 0.1) is 13.3 Å². The second-order valence-corrected chi connectivity index (χ2v) is 7.12. The predicted octanol–water partition coefficient (Wildman–Crippen LogP) is 6.69. The van der Waals surface area contributed by atoms with Crippen LogP contribution < -0.4 is 4.74 Å². The molecule has 0 radical (unpaired) electrons. The fraction of sp³-hybridized carbons (Fsp3) is 0.200. The molecule has 0 bridgehead atoms. The maximum absolute atomic E-state index is 14.6. The van der Waals surface area contributed by atoms with E-state index in [0.717, 1.165) is 17.0 Å². The highest BCUT2D eigenvalue weighted by Crippen LogP contribution is 2.37. The number of ether oxygens (including phenoxy) is 1. The smallest absolute Gasteiger partial charge is 0.201 e. The fourth-order valence-corrected chi connectivity index (χ4v) is 3.50. The molecule has 7 heteroatoms. The van der Waals surface area contributed by atoms with Crippen LogP contribution in [0.25, 0.3) is 21.6 Å². The molecule has 0 N–H and O–H groups in total. The minimum absolute atomic E-state index is 0.0340. The van der Waals surface area contributed by atoms with E-state index in [4.69, 9.17) is 4.74 Å². The van der Waals surface area contributed by atoms with E-state index < -0.39 is 46.8 Å². The van der Waals surface area contributed by atoms with Gasteiger partial charge < -0.3 is 4.74 Å². The number of thiophene rings is 1. The Morgan fingerprint density at radius 2 is 1.37 bits per heavy atom. The van der Waals surface area contributed by atoms with Gasteiger partial charge >= 0.3 is 0 Å². The zero-order chi connectivity index (χ0) is 19.6. The molecule has 0 aliphatic heterocycles. The molecular weight excluding hydrogens is 383 g/mol. The largest absolute Gasteiger partial charge is 0.490 e. The van der Waals surface area contributed by atoms with Crippen molar-refractivity contribution in [2.24, 2.45) is 0 Å². The van der Waals surface area contributed by atoms with Crippen molar-refractivity contribution < 1.29 is 26.7 Å². The first-order chi connectivity index (χ1) is 12.9. The third-order valence-electron chi connectivity index (χ3n) is 3.96. The maximum Gasteiger partial charge on any atom is 0.201 e. The summed E-state index contributed by atoms with van der Waals surface area (Å²) in [7, 11) is 0. The molecule has 3 aromatic rings. The SMILES string of the molecule is Cc1ccc(-c2ccc(-c3ccc(OCCCF)c(F)c3F)c(F)c2F)s1. The molecule has 27 heavy (non-hydrogen) atoms. The first kappa shape index (κ1) is 19.4. The van der Waals surface area contributed by atoms with Crippen molar-refractivity contribution in [2.75, 3.05) is 13.3 Å². The lowest BCUT2D eigenvalue weighted by Crippen LogP contribution is -2.03. The van der Waals surface area contributed by atoms with Crippen LogP contribution in [0.1, 0.15) is 11.3 Å². The third kappa shape index (κ3) is 3.83. The second-order valence-electron chi connectivity index (χ2n) is 5.83. The van der Waals surface area contributed by atoms with Gasteiger partial charge in [-0.1, -0.05) is 6.07 Å². The number of alkyl halides is 1. The molecule has 0 aliphatic carbocycles. The Hall–Kier alpha value is -2.41. The van der Waals surface area contributed by atoms with Crippen LogP contribution in [0.3, 0.4) is 0 Å². The Balaban J connectivity index is 1.99. The van der Waals surface area contributed by atoms with Gasteiger partial charge in [-0.05, 0) is 37.3 Å². The van der Waals surface area contributed by atoms with Crippen LogP contribution in [-0.2, 0) is 0 Å². The zero-order valence-corrected chi connectivity index (χ0v) is 15.1. The van der Waals surface area contributed by atoms with Crippen molar-refractivity contribution in [1.29, 1.82) is 0 Å². The van der Waals surface area contributed by atoms with Gasteiger partial charge in [0.2, 0.25) is 5.82 Å². The van der Waals surface area contributed by atoms with Crippen molar-refractivity contribution >= 4 is 11.3 Å². The summed E-state index contributed by atoms with van der Waals surface area (Å²) < 4.78 is 74.6. The second kappa shape index (κ2) is 8.08. The average Bonchev–Trinajstić information content (AvgIpc) is 3.08. The molecule has 3 rings (SSSR count). The molecule has 0 amide bonds. The van der Waals surface area contributed by atoms with Crippen molar-refractivity contribution in [1.82, 2.24) is 0 Å². The molecule has 0 unspecified atom stereocenters. The number of aryl methyl sites for hydroxylation is 1. The van der Waals surface area contributed by atoms with Gasteiger partial charge in [-0.25, -0.2) is 13.2 Å². The molecule has 1 nitrogen and oxygen atoms in total. The summed E-state index contributed by atoms with van der Waals surface area (Å²) >= 11 is 1.30. The van der Waals surface area contributed by atoms with Crippen LogP contribution >= 0.6 is 11.3 Å². The number of halogens is 5. The summed E-state index contributed by atoms with van der Waals surface area (Å²) in [5.41, 5.74) is -0.756. The van der Waals surface area contributed by atoms with E-state index in [1.807, 2.05) is 6.92 Å². The van der Waals surface area contributed by atoms with E-state index in [1.165, 1.54) is 23.5 Å². The van der Waals surface area contributed by atoms with E-state index in [0.29, 0.717) is 4.88 Å². The summed E-state index contributed by atoms with van der Waals surface area (Å²) in [5.74, 6) is -5.48. The lowest BCUT2D eigenvalue weighted by atomic mass is 10.0.